The molecule has 0 aromatic carbocycles. The van der Waals surface area contributed by atoms with Crippen molar-refractivity contribution in [2.24, 2.45) is 0 Å². The van der Waals surface area contributed by atoms with E-state index in [9.17, 15) is 25.1 Å². The average Bonchev–Trinajstić information content (AvgIpc) is 2.24. The second kappa shape index (κ2) is 8.44. The highest BCUT2D eigenvalue weighted by Gasteiger charge is 2.46. The van der Waals surface area contributed by atoms with E-state index < -0.39 is 34.1 Å². The first-order valence-corrected chi connectivity index (χ1v) is 7.15. The van der Waals surface area contributed by atoms with Crippen LogP contribution in [-0.4, -0.2) is 39.2 Å². The van der Waals surface area contributed by atoms with Crippen LogP contribution in [0.1, 0.15) is 53.4 Å². The quantitative estimate of drug-likeness (QED) is 0.398. The molecule has 2 atom stereocenters. The van der Waals surface area contributed by atoms with Gasteiger partial charge in [-0.25, -0.2) is 0 Å². The Bertz CT molecular complexity index is 382. The molecule has 0 aliphatic heterocycles. The van der Waals surface area contributed by atoms with Gasteiger partial charge >= 0.3 is 5.09 Å². The molecule has 128 valence electrons. The Morgan fingerprint density at radius 1 is 0.818 bits per heavy atom. The fourth-order valence-corrected chi connectivity index (χ4v) is 2.29. The van der Waals surface area contributed by atoms with E-state index in [0.717, 1.165) is 0 Å². The van der Waals surface area contributed by atoms with E-state index in [1.54, 1.807) is 13.8 Å². The van der Waals surface area contributed by atoms with E-state index in [1.165, 1.54) is 13.8 Å². The summed E-state index contributed by atoms with van der Waals surface area (Å²) in [4.78, 5) is 42.0. The van der Waals surface area contributed by atoms with Crippen LogP contribution >= 0.6 is 0 Å². The van der Waals surface area contributed by atoms with Crippen LogP contribution in [-0.2, 0) is 9.68 Å². The molecule has 0 aromatic rings. The lowest BCUT2D eigenvalue weighted by Gasteiger charge is -2.20. The van der Waals surface area contributed by atoms with Crippen LogP contribution in [0.4, 0.5) is 0 Å². The van der Waals surface area contributed by atoms with Crippen LogP contribution in [0.15, 0.2) is 0 Å². The van der Waals surface area contributed by atoms with Gasteiger partial charge in [-0.1, -0.05) is 26.7 Å². The summed E-state index contributed by atoms with van der Waals surface area (Å²) in [5.41, 5.74) is -2.66. The second-order valence-corrected chi connectivity index (χ2v) is 5.79. The molecule has 0 amide bonds. The lowest BCUT2D eigenvalue weighted by molar-refractivity contribution is -1.01. The first-order valence-electron chi connectivity index (χ1n) is 7.15. The van der Waals surface area contributed by atoms with Crippen LogP contribution < -0.4 is 0 Å². The molecule has 0 aliphatic carbocycles. The van der Waals surface area contributed by atoms with E-state index in [4.69, 9.17) is 9.68 Å². The minimum atomic E-state index is -1.33. The lowest BCUT2D eigenvalue weighted by atomic mass is 10.0. The summed E-state index contributed by atoms with van der Waals surface area (Å²) < 4.78 is 0. The topological polar surface area (TPSA) is 125 Å². The molecule has 0 bridgehead atoms. The van der Waals surface area contributed by atoms with Crippen molar-refractivity contribution in [2.75, 3.05) is 13.1 Å². The average molecular weight is 322 g/mol. The van der Waals surface area contributed by atoms with Crippen LogP contribution in [0, 0.1) is 25.1 Å². The fraction of sp³-hybridized carbons (Fsp3) is 1.00. The maximum Gasteiger partial charge on any atom is 0.479 e. The van der Waals surface area contributed by atoms with E-state index in [2.05, 4.69) is 0 Å². The van der Waals surface area contributed by atoms with Gasteiger partial charge in [0.2, 0.25) is 13.1 Å². The number of rotatable bonds is 12. The molecule has 0 aromatic heterocycles. The molecule has 22 heavy (non-hydrogen) atoms. The van der Waals surface area contributed by atoms with Gasteiger partial charge in [0.25, 0.3) is 11.2 Å². The van der Waals surface area contributed by atoms with Gasteiger partial charge in [0.15, 0.2) is 0 Å². The number of hydrogen-bond acceptors (Lipinski definition) is 7. The van der Waals surface area contributed by atoms with Gasteiger partial charge in [0.05, 0.1) is 0 Å². The van der Waals surface area contributed by atoms with E-state index in [0.29, 0.717) is 12.8 Å². The third-order valence-electron chi connectivity index (χ3n) is 3.07. The minimum Gasteiger partial charge on any atom is -0.264 e. The summed E-state index contributed by atoms with van der Waals surface area (Å²) in [6.45, 7) is 5.32. The molecule has 0 heterocycles. The van der Waals surface area contributed by atoms with Crippen molar-refractivity contribution in [3.63, 3.8) is 0 Å². The predicted octanol–water partition coefficient (Wildman–Crippen LogP) is 2.30. The van der Waals surface area contributed by atoms with Crippen LogP contribution in [0.3, 0.4) is 0 Å². The molecule has 0 rings (SSSR count). The first-order chi connectivity index (χ1) is 10.1. The van der Waals surface area contributed by atoms with Crippen molar-refractivity contribution in [3.05, 3.63) is 25.1 Å². The summed E-state index contributed by atoms with van der Waals surface area (Å²) in [5.74, 6) is 0. The first kappa shape index (κ1) is 20.0. The molecule has 2 unspecified atom stereocenters. The van der Waals surface area contributed by atoms with Crippen molar-refractivity contribution < 1.29 is 24.6 Å². The summed E-state index contributed by atoms with van der Waals surface area (Å²) in [6, 6.07) is 0. The highest BCUT2D eigenvalue weighted by molar-refractivity contribution is 4.72. The molecule has 0 saturated heterocycles. The summed E-state index contributed by atoms with van der Waals surface area (Å²) >= 11 is 0. The largest absolute Gasteiger partial charge is 0.479 e. The highest BCUT2D eigenvalue weighted by Crippen LogP contribution is 2.22. The molecular weight excluding hydrogens is 298 g/mol. The summed E-state index contributed by atoms with van der Waals surface area (Å²) in [7, 11) is 0. The lowest BCUT2D eigenvalue weighted by Crippen LogP contribution is -2.44. The second-order valence-electron chi connectivity index (χ2n) is 5.79. The molecular formula is C12H24N3O7+. The predicted molar refractivity (Wildman–Crippen MR) is 76.1 cm³/mol. The van der Waals surface area contributed by atoms with Gasteiger partial charge in [-0.3, -0.25) is 20.2 Å². The van der Waals surface area contributed by atoms with Gasteiger partial charge < -0.3 is 0 Å². The zero-order valence-corrected chi connectivity index (χ0v) is 13.4. The van der Waals surface area contributed by atoms with Gasteiger partial charge in [-0.05, 0) is 13.8 Å². The fourth-order valence-electron chi connectivity index (χ4n) is 2.29. The SMILES string of the molecule is CCCC(C)(C[N+](=O)[O-])O[N+](=O)OC(C)(CCC)C[N+](=O)[O-]. The molecule has 0 N–H and O–H groups in total. The Morgan fingerprint density at radius 3 is 1.36 bits per heavy atom. The zero-order valence-electron chi connectivity index (χ0n) is 13.4. The third-order valence-corrected chi connectivity index (χ3v) is 3.07. The smallest absolute Gasteiger partial charge is 0.264 e. The molecule has 0 fully saturated rings. The molecule has 10 heteroatoms. The molecule has 0 saturated carbocycles. The van der Waals surface area contributed by atoms with Crippen LogP contribution in [0.5, 0.6) is 0 Å². The number of nitro groups is 2. The molecule has 0 aliphatic rings. The standard InChI is InChI=1S/C12H24N3O7/c1-5-7-11(3,9-13(16)17)21-15(20)22-12(4,8-6-2)10-14(18)19/h5-10H2,1-4H3/q+1. The Hall–Kier alpha value is -2.00. The van der Waals surface area contributed by atoms with Crippen LogP contribution in [0.2, 0.25) is 0 Å². The van der Waals surface area contributed by atoms with E-state index in [-0.39, 0.29) is 17.9 Å². The summed E-state index contributed by atoms with van der Waals surface area (Å²) in [5, 5.41) is 21.1. The Kier molecular flexibility index (Phi) is 7.68. The molecule has 10 nitrogen and oxygen atoms in total. The third kappa shape index (κ3) is 7.70. The van der Waals surface area contributed by atoms with Crippen molar-refractivity contribution in [2.45, 2.75) is 64.6 Å². The minimum absolute atomic E-state index is 0.224. The highest BCUT2D eigenvalue weighted by atomic mass is 17.0. The van der Waals surface area contributed by atoms with Gasteiger partial charge in [-0.2, -0.15) is 9.68 Å². The summed E-state index contributed by atoms with van der Waals surface area (Å²) in [6.07, 6.45) is 1.68. The number of hydrogen-bond donors (Lipinski definition) is 0. The number of nitrogens with zero attached hydrogens (tertiary/aromatic N) is 3. The van der Waals surface area contributed by atoms with Crippen molar-refractivity contribution in [1.29, 1.82) is 0 Å². The Labute approximate surface area is 128 Å². The zero-order chi connectivity index (χ0) is 17.4. The maximum absolute atomic E-state index is 11.8. The monoisotopic (exact) mass is 322 g/mol. The Balaban J connectivity index is 4.91. The normalized spacial score (nSPS) is 16.2. The van der Waals surface area contributed by atoms with Gasteiger partial charge in [0.1, 0.15) is 4.91 Å². The van der Waals surface area contributed by atoms with Gasteiger partial charge in [-0.15, -0.1) is 0 Å². The van der Waals surface area contributed by atoms with Crippen LogP contribution in [0.25, 0.3) is 0 Å². The van der Waals surface area contributed by atoms with E-state index in [1.807, 2.05) is 0 Å². The van der Waals surface area contributed by atoms with Gasteiger partial charge in [0, 0.05) is 22.7 Å². The Morgan fingerprint density at radius 2 is 1.14 bits per heavy atom. The maximum atomic E-state index is 11.8. The van der Waals surface area contributed by atoms with E-state index >= 15 is 0 Å². The van der Waals surface area contributed by atoms with Crippen molar-refractivity contribution >= 4 is 0 Å². The molecule has 0 radical (unpaired) electrons. The van der Waals surface area contributed by atoms with Crippen molar-refractivity contribution in [3.8, 4) is 0 Å². The molecule has 0 spiro atoms. The van der Waals surface area contributed by atoms with Crippen molar-refractivity contribution in [1.82, 2.24) is 0 Å².